The second-order valence-corrected chi connectivity index (χ2v) is 4.85. The third kappa shape index (κ3) is 2.38. The zero-order valence-corrected chi connectivity index (χ0v) is 11.6. The van der Waals surface area contributed by atoms with E-state index in [1.807, 2.05) is 6.92 Å². The highest BCUT2D eigenvalue weighted by molar-refractivity contribution is 5.67. The number of aromatic nitrogens is 2. The van der Waals surface area contributed by atoms with Crippen LogP contribution in [-0.2, 0) is 0 Å². The fourth-order valence-electron chi connectivity index (χ4n) is 2.11. The molecule has 0 radical (unpaired) electrons. The largest absolute Gasteiger partial charge is 0.507 e. The number of para-hydroxylation sites is 1. The summed E-state index contributed by atoms with van der Waals surface area (Å²) in [5.74, 6) is 0.238. The monoisotopic (exact) mass is 284 g/mol. The SMILES string of the molecule is Cc1ccc(F)cc1-c1noc(-c2cccc(C)c2O)n1. The molecule has 0 saturated heterocycles. The molecule has 2 aromatic carbocycles. The predicted octanol–water partition coefficient (Wildman–Crippen LogP) is 3.87. The van der Waals surface area contributed by atoms with Crippen LogP contribution < -0.4 is 0 Å². The van der Waals surface area contributed by atoms with Gasteiger partial charge in [-0.3, -0.25) is 0 Å². The number of phenols is 1. The summed E-state index contributed by atoms with van der Waals surface area (Å²) in [6.07, 6.45) is 0. The van der Waals surface area contributed by atoms with Crippen LogP contribution in [0.15, 0.2) is 40.9 Å². The zero-order valence-electron chi connectivity index (χ0n) is 11.6. The highest BCUT2D eigenvalue weighted by atomic mass is 19.1. The fraction of sp³-hybridized carbons (Fsp3) is 0.125. The summed E-state index contributed by atoms with van der Waals surface area (Å²) in [5, 5.41) is 13.9. The van der Waals surface area contributed by atoms with Crippen molar-refractivity contribution in [2.75, 3.05) is 0 Å². The first-order valence-electron chi connectivity index (χ1n) is 6.45. The minimum Gasteiger partial charge on any atom is -0.507 e. The van der Waals surface area contributed by atoms with E-state index in [1.54, 1.807) is 31.2 Å². The van der Waals surface area contributed by atoms with Crippen molar-refractivity contribution >= 4 is 0 Å². The number of aryl methyl sites for hydroxylation is 2. The van der Waals surface area contributed by atoms with Gasteiger partial charge in [0.05, 0.1) is 5.56 Å². The molecule has 1 heterocycles. The lowest BCUT2D eigenvalue weighted by atomic mass is 10.1. The molecule has 0 fully saturated rings. The maximum Gasteiger partial charge on any atom is 0.262 e. The van der Waals surface area contributed by atoms with E-state index in [-0.39, 0.29) is 17.5 Å². The summed E-state index contributed by atoms with van der Waals surface area (Å²) in [7, 11) is 0. The Balaban J connectivity index is 2.08. The average Bonchev–Trinajstić information content (AvgIpc) is 2.94. The Labute approximate surface area is 120 Å². The molecule has 0 aliphatic heterocycles. The van der Waals surface area contributed by atoms with Crippen LogP contribution in [0.3, 0.4) is 0 Å². The van der Waals surface area contributed by atoms with Gasteiger partial charge in [0.15, 0.2) is 0 Å². The number of halogens is 1. The molecular weight excluding hydrogens is 271 g/mol. The van der Waals surface area contributed by atoms with Gasteiger partial charge in [-0.25, -0.2) is 4.39 Å². The van der Waals surface area contributed by atoms with Crippen molar-refractivity contribution in [3.05, 3.63) is 53.3 Å². The van der Waals surface area contributed by atoms with Crippen molar-refractivity contribution in [1.29, 1.82) is 0 Å². The number of nitrogens with zero attached hydrogens (tertiary/aromatic N) is 2. The molecule has 3 aromatic rings. The minimum absolute atomic E-state index is 0.101. The molecule has 0 atom stereocenters. The van der Waals surface area contributed by atoms with Gasteiger partial charge < -0.3 is 9.63 Å². The van der Waals surface area contributed by atoms with Gasteiger partial charge in [0.2, 0.25) is 5.82 Å². The Hall–Kier alpha value is -2.69. The Morgan fingerprint density at radius 3 is 2.67 bits per heavy atom. The highest BCUT2D eigenvalue weighted by Gasteiger charge is 2.16. The second kappa shape index (κ2) is 5.01. The van der Waals surface area contributed by atoms with E-state index < -0.39 is 0 Å². The topological polar surface area (TPSA) is 59.2 Å². The van der Waals surface area contributed by atoms with Gasteiger partial charge in [-0.15, -0.1) is 0 Å². The van der Waals surface area contributed by atoms with Gasteiger partial charge in [0.1, 0.15) is 11.6 Å². The summed E-state index contributed by atoms with van der Waals surface area (Å²) in [6.45, 7) is 3.63. The maximum atomic E-state index is 13.4. The van der Waals surface area contributed by atoms with Crippen LogP contribution in [0.2, 0.25) is 0 Å². The molecule has 0 aliphatic rings. The van der Waals surface area contributed by atoms with Crippen LogP contribution in [0.4, 0.5) is 4.39 Å². The summed E-state index contributed by atoms with van der Waals surface area (Å²) in [5.41, 5.74) is 2.59. The van der Waals surface area contributed by atoms with Gasteiger partial charge in [0.25, 0.3) is 5.89 Å². The summed E-state index contributed by atoms with van der Waals surface area (Å²) < 4.78 is 18.5. The Bertz CT molecular complexity index is 795. The first-order chi connectivity index (χ1) is 10.1. The molecule has 1 N–H and O–H groups in total. The van der Waals surface area contributed by atoms with Crippen molar-refractivity contribution in [3.8, 4) is 28.6 Å². The van der Waals surface area contributed by atoms with Crippen molar-refractivity contribution in [2.24, 2.45) is 0 Å². The van der Waals surface area contributed by atoms with Crippen molar-refractivity contribution in [2.45, 2.75) is 13.8 Å². The Morgan fingerprint density at radius 1 is 1.05 bits per heavy atom. The molecular formula is C16H13FN2O2. The van der Waals surface area contributed by atoms with Crippen molar-refractivity contribution in [1.82, 2.24) is 10.1 Å². The zero-order chi connectivity index (χ0) is 15.0. The van der Waals surface area contributed by atoms with Crippen LogP contribution >= 0.6 is 0 Å². The van der Waals surface area contributed by atoms with Crippen LogP contribution in [0.5, 0.6) is 5.75 Å². The third-order valence-electron chi connectivity index (χ3n) is 3.33. The van der Waals surface area contributed by atoms with E-state index in [4.69, 9.17) is 4.52 Å². The summed E-state index contributed by atoms with van der Waals surface area (Å²) in [4.78, 5) is 4.25. The normalized spacial score (nSPS) is 10.8. The molecule has 0 unspecified atom stereocenters. The molecule has 21 heavy (non-hydrogen) atoms. The van der Waals surface area contributed by atoms with Crippen molar-refractivity contribution in [3.63, 3.8) is 0 Å². The number of hydrogen-bond acceptors (Lipinski definition) is 4. The lowest BCUT2D eigenvalue weighted by Gasteiger charge is -2.02. The Kier molecular flexibility index (Phi) is 3.17. The van der Waals surface area contributed by atoms with Crippen LogP contribution in [-0.4, -0.2) is 15.2 Å². The summed E-state index contributed by atoms with van der Waals surface area (Å²) in [6, 6.07) is 9.67. The molecule has 3 rings (SSSR count). The third-order valence-corrected chi connectivity index (χ3v) is 3.33. The number of rotatable bonds is 2. The molecule has 0 bridgehead atoms. The van der Waals surface area contributed by atoms with Crippen LogP contribution in [0, 0.1) is 19.7 Å². The molecule has 0 aliphatic carbocycles. The number of phenolic OH excluding ortho intramolecular Hbond substituents is 1. The fourth-order valence-corrected chi connectivity index (χ4v) is 2.11. The summed E-state index contributed by atoms with van der Waals surface area (Å²) >= 11 is 0. The minimum atomic E-state index is -0.361. The first-order valence-corrected chi connectivity index (χ1v) is 6.45. The lowest BCUT2D eigenvalue weighted by Crippen LogP contribution is -1.88. The van der Waals surface area contributed by atoms with Gasteiger partial charge in [-0.05, 0) is 43.2 Å². The molecule has 1 aromatic heterocycles. The maximum absolute atomic E-state index is 13.4. The van der Waals surface area contributed by atoms with E-state index in [9.17, 15) is 9.50 Å². The van der Waals surface area contributed by atoms with Crippen LogP contribution in [0.25, 0.3) is 22.8 Å². The standard InChI is InChI=1S/C16H13FN2O2/c1-9-6-7-11(17)8-13(9)15-18-16(21-19-15)12-5-3-4-10(2)14(12)20/h3-8,20H,1-2H3. The Morgan fingerprint density at radius 2 is 1.86 bits per heavy atom. The number of aromatic hydroxyl groups is 1. The van der Waals surface area contributed by atoms with Crippen molar-refractivity contribution < 1.29 is 14.0 Å². The number of hydrogen-bond donors (Lipinski definition) is 1. The molecule has 0 amide bonds. The van der Waals surface area contributed by atoms with E-state index >= 15 is 0 Å². The van der Waals surface area contributed by atoms with E-state index in [2.05, 4.69) is 10.1 Å². The van der Waals surface area contributed by atoms with E-state index in [0.29, 0.717) is 22.5 Å². The molecule has 0 saturated carbocycles. The predicted molar refractivity (Wildman–Crippen MR) is 76.3 cm³/mol. The van der Waals surface area contributed by atoms with E-state index in [1.165, 1.54) is 12.1 Å². The smallest absolute Gasteiger partial charge is 0.262 e. The van der Waals surface area contributed by atoms with Gasteiger partial charge in [-0.2, -0.15) is 4.98 Å². The van der Waals surface area contributed by atoms with Crippen LogP contribution in [0.1, 0.15) is 11.1 Å². The molecule has 4 nitrogen and oxygen atoms in total. The molecule has 0 spiro atoms. The molecule has 106 valence electrons. The average molecular weight is 284 g/mol. The highest BCUT2D eigenvalue weighted by Crippen LogP contribution is 2.32. The lowest BCUT2D eigenvalue weighted by molar-refractivity contribution is 0.425. The first kappa shape index (κ1) is 13.3. The van der Waals surface area contributed by atoms with Gasteiger partial charge in [0, 0.05) is 5.56 Å². The van der Waals surface area contributed by atoms with Gasteiger partial charge >= 0.3 is 0 Å². The van der Waals surface area contributed by atoms with Gasteiger partial charge in [-0.1, -0.05) is 23.4 Å². The molecule has 5 heteroatoms. The van der Waals surface area contributed by atoms with E-state index in [0.717, 1.165) is 5.56 Å². The quantitative estimate of drug-likeness (QED) is 0.776. The second-order valence-electron chi connectivity index (χ2n) is 4.85. The number of benzene rings is 2.